The molecule has 76 valence electrons. The normalized spacial score (nSPS) is 15.8. The monoisotopic (exact) mass is 222 g/mol. The van der Waals surface area contributed by atoms with Gasteiger partial charge in [-0.25, -0.2) is 0 Å². The zero-order valence-corrected chi connectivity index (χ0v) is 7.29. The second kappa shape index (κ2) is 6.42. The summed E-state index contributed by atoms with van der Waals surface area (Å²) >= 11 is -2.22. The molecule has 0 aromatic rings. The number of hydrogen-bond acceptors (Lipinski definition) is 6. The van der Waals surface area contributed by atoms with Crippen molar-refractivity contribution in [1.29, 1.82) is 0 Å². The third kappa shape index (κ3) is 51.6. The summed E-state index contributed by atoms with van der Waals surface area (Å²) in [6.07, 6.45) is -1.24. The molecule has 0 aliphatic carbocycles. The minimum absolute atomic E-state index is 0.389. The van der Waals surface area contributed by atoms with E-state index in [2.05, 4.69) is 5.73 Å². The lowest BCUT2D eigenvalue weighted by Gasteiger charge is -2.04. The topological polar surface area (TPSA) is 161 Å². The maximum atomic E-state index is 9.57. The van der Waals surface area contributed by atoms with Crippen molar-refractivity contribution in [3.8, 4) is 0 Å². The van der Waals surface area contributed by atoms with Crippen molar-refractivity contribution in [3.05, 3.63) is 0 Å². The maximum Gasteiger partial charge on any atom is 0.394 e. The van der Waals surface area contributed by atoms with Gasteiger partial charge in [0.25, 0.3) is 0 Å². The predicted octanol–water partition coefficient (Wildman–Crippen LogP) is -2.51. The van der Waals surface area contributed by atoms with E-state index in [0.717, 1.165) is 0 Å². The van der Waals surface area contributed by atoms with Crippen LogP contribution in [0, 0.1) is 0 Å². The first kappa shape index (κ1) is 14.4. The Morgan fingerprint density at radius 1 is 1.50 bits per heavy atom. The molecular weight excluding hydrogens is 214 g/mol. The van der Waals surface area contributed by atoms with Crippen LogP contribution in [0.5, 0.6) is 0 Å². The molecule has 0 aromatic heterocycles. The fourth-order valence-corrected chi connectivity index (χ4v) is 0.418. The summed E-state index contributed by atoms with van der Waals surface area (Å²) in [7, 11) is -4.67. The fraction of sp³-hybridized carbons (Fsp3) is 1.00. The van der Waals surface area contributed by atoms with Gasteiger partial charge in [0, 0.05) is 5.75 Å². The third-order valence-corrected chi connectivity index (χ3v) is 0.921. The molecule has 0 amide bonds. The Labute approximate surface area is 71.3 Å². The van der Waals surface area contributed by atoms with Crippen molar-refractivity contribution in [2.45, 2.75) is 6.23 Å². The van der Waals surface area contributed by atoms with Crippen molar-refractivity contribution in [2.24, 2.45) is 5.73 Å². The van der Waals surface area contributed by atoms with Gasteiger partial charge in [0.1, 0.15) is 6.23 Å². The van der Waals surface area contributed by atoms with Crippen molar-refractivity contribution in [1.82, 2.24) is 0 Å². The molecule has 5 N–H and O–H groups in total. The van der Waals surface area contributed by atoms with Crippen molar-refractivity contribution in [2.75, 3.05) is 5.75 Å². The van der Waals surface area contributed by atoms with Crippen LogP contribution in [0.4, 0.5) is 0 Å². The summed E-state index contributed by atoms with van der Waals surface area (Å²) in [5, 5.41) is 8.11. The Balaban J connectivity index is 0. The van der Waals surface area contributed by atoms with Gasteiger partial charge < -0.3 is 15.4 Å². The molecule has 0 spiro atoms. The molecule has 0 aliphatic heterocycles. The van der Waals surface area contributed by atoms with E-state index in [0.29, 0.717) is 0 Å². The van der Waals surface area contributed by atoms with Crippen LogP contribution in [0.25, 0.3) is 0 Å². The first-order valence-corrected chi connectivity index (χ1v) is 4.96. The van der Waals surface area contributed by atoms with Crippen LogP contribution >= 0.6 is 0 Å². The van der Waals surface area contributed by atoms with Crippen molar-refractivity contribution < 1.29 is 31.4 Å². The lowest BCUT2D eigenvalue weighted by molar-refractivity contribution is 0.205. The van der Waals surface area contributed by atoms with Crippen molar-refractivity contribution >= 4 is 21.5 Å². The molecule has 0 aliphatic rings. The van der Waals surface area contributed by atoms with E-state index in [9.17, 15) is 8.76 Å². The van der Waals surface area contributed by atoms with E-state index in [1.54, 1.807) is 0 Å². The van der Waals surface area contributed by atoms with Crippen LogP contribution in [-0.4, -0.2) is 43.4 Å². The molecule has 0 aromatic carbocycles. The van der Waals surface area contributed by atoms with E-state index in [1.807, 2.05) is 0 Å². The summed E-state index contributed by atoms with van der Waals surface area (Å²) in [5.74, 6) is -0.389. The number of aliphatic hydroxyl groups is 1. The Kier molecular flexibility index (Phi) is 7.72. The summed E-state index contributed by atoms with van der Waals surface area (Å²) < 4.78 is 50.7. The molecule has 8 nitrogen and oxygen atoms in total. The minimum Gasteiger partial charge on any atom is -0.772 e. The van der Waals surface area contributed by atoms with Crippen LogP contribution in [0.15, 0.2) is 0 Å². The number of nitrogens with two attached hydrogens (primary N) is 1. The molecule has 0 radical (unpaired) electrons. The van der Waals surface area contributed by atoms with Crippen LogP contribution in [0.1, 0.15) is 0 Å². The molecule has 10 heteroatoms. The molecular formula is C2H8NO7S2-. The summed E-state index contributed by atoms with van der Waals surface area (Å²) in [6, 6.07) is 0. The first-order chi connectivity index (χ1) is 5.13. The van der Waals surface area contributed by atoms with Gasteiger partial charge in [-0.2, -0.15) is 8.42 Å². The summed E-state index contributed by atoms with van der Waals surface area (Å²) in [5.41, 5.74) is 4.66. The van der Waals surface area contributed by atoms with Crippen molar-refractivity contribution in [3.63, 3.8) is 0 Å². The molecule has 12 heavy (non-hydrogen) atoms. The van der Waals surface area contributed by atoms with Crippen LogP contribution in [-0.2, 0) is 21.5 Å². The van der Waals surface area contributed by atoms with Gasteiger partial charge in [0.05, 0.1) is 0 Å². The first-order valence-electron chi connectivity index (χ1n) is 2.32. The molecule has 0 fully saturated rings. The van der Waals surface area contributed by atoms with Crippen LogP contribution in [0.2, 0.25) is 0 Å². The quantitative estimate of drug-likeness (QED) is 0.226. The Morgan fingerprint density at radius 2 is 1.75 bits per heavy atom. The maximum absolute atomic E-state index is 9.57. The lowest BCUT2D eigenvalue weighted by atomic mass is 10.7. The molecule has 0 saturated heterocycles. The number of rotatable bonds is 2. The van der Waals surface area contributed by atoms with Gasteiger partial charge in [0.2, 0.25) is 0 Å². The molecule has 0 saturated carbocycles. The fourth-order valence-electron chi connectivity index (χ4n) is 0.139. The Bertz CT molecular complexity index is 212. The predicted molar refractivity (Wildman–Crippen MR) is 38.2 cm³/mol. The highest BCUT2D eigenvalue weighted by atomic mass is 32.3. The van der Waals surface area contributed by atoms with Gasteiger partial charge in [-0.05, 0) is 0 Å². The SMILES string of the molecule is NC(O)CS(=O)[O-].O=S(=O)(O)O. The van der Waals surface area contributed by atoms with Gasteiger partial charge in [-0.15, -0.1) is 0 Å². The second-order valence-electron chi connectivity index (χ2n) is 1.49. The summed E-state index contributed by atoms with van der Waals surface area (Å²) in [6.45, 7) is 0. The standard InChI is InChI=1S/C2H7NO3S.H2O4S/c3-2(4)1-7(5)6;1-5(2,3)4/h2,4H,1,3H2,(H,5,6);(H2,1,2,3,4)/p-1. The van der Waals surface area contributed by atoms with Gasteiger partial charge in [-0.1, -0.05) is 11.1 Å². The third-order valence-electron chi connectivity index (χ3n) is 0.307. The van der Waals surface area contributed by atoms with Gasteiger partial charge in [0.15, 0.2) is 0 Å². The van der Waals surface area contributed by atoms with E-state index in [-0.39, 0.29) is 5.75 Å². The lowest BCUT2D eigenvalue weighted by Crippen LogP contribution is -2.25. The zero-order chi connectivity index (χ0) is 10.4. The Hall–Kier alpha value is -0.100. The molecule has 0 rings (SSSR count). The van der Waals surface area contributed by atoms with Gasteiger partial charge >= 0.3 is 10.4 Å². The highest BCUT2D eigenvalue weighted by molar-refractivity contribution is 7.80. The highest BCUT2D eigenvalue weighted by Crippen LogP contribution is 1.73. The van der Waals surface area contributed by atoms with Crippen LogP contribution in [0.3, 0.4) is 0 Å². The van der Waals surface area contributed by atoms with E-state index in [4.69, 9.17) is 22.6 Å². The van der Waals surface area contributed by atoms with E-state index < -0.39 is 27.7 Å². The molecule has 2 atom stereocenters. The number of hydrogen-bond donors (Lipinski definition) is 4. The zero-order valence-electron chi connectivity index (χ0n) is 5.65. The smallest absolute Gasteiger partial charge is 0.394 e. The second-order valence-corrected chi connectivity index (χ2v) is 3.32. The molecule has 0 bridgehead atoms. The minimum atomic E-state index is -4.67. The largest absolute Gasteiger partial charge is 0.772 e. The van der Waals surface area contributed by atoms with E-state index in [1.165, 1.54) is 0 Å². The van der Waals surface area contributed by atoms with Gasteiger partial charge in [-0.3, -0.25) is 13.3 Å². The average molecular weight is 222 g/mol. The number of aliphatic hydroxyl groups excluding tert-OH is 1. The molecule has 0 heterocycles. The molecule has 2 unspecified atom stereocenters. The van der Waals surface area contributed by atoms with E-state index >= 15 is 0 Å². The summed E-state index contributed by atoms with van der Waals surface area (Å²) in [4.78, 5) is 0. The van der Waals surface area contributed by atoms with Crippen LogP contribution < -0.4 is 5.73 Å². The highest BCUT2D eigenvalue weighted by Gasteiger charge is 1.91. The average Bonchev–Trinajstić information content (AvgIpc) is 1.52. The Morgan fingerprint density at radius 3 is 1.75 bits per heavy atom.